The third kappa shape index (κ3) is 2.13. The molecule has 1 saturated heterocycles. The third-order valence-corrected chi connectivity index (χ3v) is 5.15. The van der Waals surface area contributed by atoms with Crippen LogP contribution in [0.5, 0.6) is 5.75 Å². The zero-order valence-corrected chi connectivity index (χ0v) is 13.1. The van der Waals surface area contributed by atoms with Crippen molar-refractivity contribution in [2.24, 2.45) is 0 Å². The molecule has 2 aromatic rings. The molecule has 1 aromatic heterocycles. The minimum absolute atomic E-state index is 0.0437. The van der Waals surface area contributed by atoms with E-state index in [0.29, 0.717) is 22.7 Å². The molecular formula is C17H18ClNO3. The monoisotopic (exact) mass is 319 g/mol. The summed E-state index contributed by atoms with van der Waals surface area (Å²) >= 11 is 6.23. The van der Waals surface area contributed by atoms with Gasteiger partial charge >= 0.3 is 5.63 Å². The standard InChI is InChI=1S/C17H18ClNO3/c18-14-8-12-10-4-3-5-11(10)17(21)22-16(12)13(15(14)20)9-19-6-1-2-7-19/h8,20H,1-7,9H2. The number of hydrogen-bond acceptors (Lipinski definition) is 4. The van der Waals surface area contributed by atoms with Gasteiger partial charge in [-0.25, -0.2) is 4.79 Å². The van der Waals surface area contributed by atoms with Crippen LogP contribution in [0.15, 0.2) is 15.3 Å². The molecule has 116 valence electrons. The van der Waals surface area contributed by atoms with Crippen molar-refractivity contribution in [1.82, 2.24) is 4.90 Å². The number of hydrogen-bond donors (Lipinski definition) is 1. The maximum Gasteiger partial charge on any atom is 0.339 e. The van der Waals surface area contributed by atoms with E-state index in [2.05, 4.69) is 4.90 Å². The summed E-state index contributed by atoms with van der Waals surface area (Å²) in [6.07, 6.45) is 4.95. The Morgan fingerprint density at radius 2 is 1.91 bits per heavy atom. The summed E-state index contributed by atoms with van der Waals surface area (Å²) in [6, 6.07) is 1.74. The first kappa shape index (κ1) is 14.1. The minimum Gasteiger partial charge on any atom is -0.506 e. The van der Waals surface area contributed by atoms with E-state index >= 15 is 0 Å². The first-order chi connectivity index (χ1) is 10.6. The molecule has 0 spiro atoms. The number of phenolic OH excluding ortho intramolecular Hbond substituents is 1. The van der Waals surface area contributed by atoms with Crippen LogP contribution < -0.4 is 5.63 Å². The first-order valence-corrected chi connectivity index (χ1v) is 8.24. The van der Waals surface area contributed by atoms with Gasteiger partial charge in [0.05, 0.1) is 10.6 Å². The van der Waals surface area contributed by atoms with Gasteiger partial charge in [-0.3, -0.25) is 4.90 Å². The van der Waals surface area contributed by atoms with Crippen molar-refractivity contribution >= 4 is 22.6 Å². The van der Waals surface area contributed by atoms with E-state index in [1.807, 2.05) is 0 Å². The Morgan fingerprint density at radius 1 is 1.18 bits per heavy atom. The molecule has 1 aromatic carbocycles. The quantitative estimate of drug-likeness (QED) is 0.863. The highest BCUT2D eigenvalue weighted by atomic mass is 35.5. The second kappa shape index (κ2) is 5.28. The molecule has 0 saturated carbocycles. The van der Waals surface area contributed by atoms with Crippen LogP contribution in [0.25, 0.3) is 11.0 Å². The third-order valence-electron chi connectivity index (χ3n) is 4.87. The van der Waals surface area contributed by atoms with Crippen molar-refractivity contribution in [2.45, 2.75) is 38.6 Å². The van der Waals surface area contributed by atoms with Crippen molar-refractivity contribution in [3.8, 4) is 5.75 Å². The van der Waals surface area contributed by atoms with Crippen molar-refractivity contribution in [3.63, 3.8) is 0 Å². The summed E-state index contributed by atoms with van der Waals surface area (Å²) in [4.78, 5) is 14.5. The topological polar surface area (TPSA) is 53.7 Å². The molecule has 0 unspecified atom stereocenters. The van der Waals surface area contributed by atoms with Crippen LogP contribution in [0.1, 0.15) is 36.0 Å². The number of benzene rings is 1. The molecular weight excluding hydrogens is 302 g/mol. The first-order valence-electron chi connectivity index (χ1n) is 7.86. The number of halogens is 1. The van der Waals surface area contributed by atoms with Gasteiger partial charge in [-0.2, -0.15) is 0 Å². The average molecular weight is 320 g/mol. The molecule has 1 aliphatic carbocycles. The molecule has 1 fully saturated rings. The largest absolute Gasteiger partial charge is 0.506 e. The van der Waals surface area contributed by atoms with Gasteiger partial charge < -0.3 is 9.52 Å². The number of likely N-dealkylation sites (tertiary alicyclic amines) is 1. The number of rotatable bonds is 2. The Balaban J connectivity index is 1.95. The zero-order chi connectivity index (χ0) is 15.3. The Labute approximate surface area is 133 Å². The summed E-state index contributed by atoms with van der Waals surface area (Å²) < 4.78 is 5.58. The maximum atomic E-state index is 12.2. The van der Waals surface area contributed by atoms with E-state index < -0.39 is 0 Å². The number of aryl methyl sites for hydroxylation is 1. The highest BCUT2D eigenvalue weighted by molar-refractivity contribution is 6.33. The number of fused-ring (bicyclic) bond motifs is 3. The van der Waals surface area contributed by atoms with E-state index in [9.17, 15) is 9.90 Å². The second-order valence-corrected chi connectivity index (χ2v) is 6.65. The van der Waals surface area contributed by atoms with Gasteiger partial charge in [-0.1, -0.05) is 11.6 Å². The number of nitrogens with zero attached hydrogens (tertiary/aromatic N) is 1. The fourth-order valence-corrected chi connectivity index (χ4v) is 3.97. The SMILES string of the molecule is O=c1oc2c(CN3CCCC3)c(O)c(Cl)cc2c2c1CCC2. The van der Waals surface area contributed by atoms with Crippen LogP contribution in [0, 0.1) is 0 Å². The fraction of sp³-hybridized carbons (Fsp3) is 0.471. The van der Waals surface area contributed by atoms with E-state index in [0.717, 1.165) is 48.9 Å². The summed E-state index contributed by atoms with van der Waals surface area (Å²) in [5.41, 5.74) is 2.73. The van der Waals surface area contributed by atoms with Gasteiger partial charge in [0.25, 0.3) is 0 Å². The van der Waals surface area contributed by atoms with Crippen molar-refractivity contribution in [3.05, 3.63) is 38.2 Å². The van der Waals surface area contributed by atoms with Gasteiger partial charge in [-0.05, 0) is 56.8 Å². The fourth-order valence-electron chi connectivity index (χ4n) is 3.75. The van der Waals surface area contributed by atoms with E-state index in [4.69, 9.17) is 16.0 Å². The van der Waals surface area contributed by atoms with E-state index in [1.54, 1.807) is 6.07 Å². The van der Waals surface area contributed by atoms with Crippen LogP contribution in [-0.4, -0.2) is 23.1 Å². The van der Waals surface area contributed by atoms with Crippen LogP contribution in [-0.2, 0) is 19.4 Å². The highest BCUT2D eigenvalue weighted by Gasteiger charge is 2.25. The molecule has 2 aliphatic rings. The van der Waals surface area contributed by atoms with Gasteiger partial charge in [0, 0.05) is 17.5 Å². The van der Waals surface area contributed by atoms with Crippen LogP contribution in [0.4, 0.5) is 0 Å². The molecule has 1 N–H and O–H groups in total. The predicted octanol–water partition coefficient (Wildman–Crippen LogP) is 3.24. The molecule has 1 aliphatic heterocycles. The lowest BCUT2D eigenvalue weighted by molar-refractivity contribution is 0.323. The highest BCUT2D eigenvalue weighted by Crippen LogP contribution is 2.38. The Morgan fingerprint density at radius 3 is 2.68 bits per heavy atom. The molecule has 22 heavy (non-hydrogen) atoms. The lowest BCUT2D eigenvalue weighted by Gasteiger charge is -2.18. The van der Waals surface area contributed by atoms with Crippen LogP contribution >= 0.6 is 11.6 Å². The summed E-state index contributed by atoms with van der Waals surface area (Å²) in [5.74, 6) is 0.0437. The smallest absolute Gasteiger partial charge is 0.339 e. The maximum absolute atomic E-state index is 12.2. The van der Waals surface area contributed by atoms with Gasteiger partial charge in [0.2, 0.25) is 0 Å². The molecule has 0 radical (unpaired) electrons. The Hall–Kier alpha value is -1.52. The van der Waals surface area contributed by atoms with Crippen LogP contribution in [0.3, 0.4) is 0 Å². The van der Waals surface area contributed by atoms with Crippen LogP contribution in [0.2, 0.25) is 5.02 Å². The molecule has 0 atom stereocenters. The lowest BCUT2D eigenvalue weighted by atomic mass is 10.0. The molecule has 5 heteroatoms. The van der Waals surface area contributed by atoms with E-state index in [1.165, 1.54) is 12.8 Å². The summed E-state index contributed by atoms with van der Waals surface area (Å²) in [7, 11) is 0. The molecule has 4 nitrogen and oxygen atoms in total. The molecule has 0 bridgehead atoms. The van der Waals surface area contributed by atoms with E-state index in [-0.39, 0.29) is 11.4 Å². The summed E-state index contributed by atoms with van der Waals surface area (Å²) in [5, 5.41) is 11.6. The van der Waals surface area contributed by atoms with Crippen molar-refractivity contribution < 1.29 is 9.52 Å². The average Bonchev–Trinajstić information content (AvgIpc) is 3.16. The Kier molecular flexibility index (Phi) is 3.39. The predicted molar refractivity (Wildman–Crippen MR) is 85.7 cm³/mol. The zero-order valence-electron chi connectivity index (χ0n) is 12.3. The van der Waals surface area contributed by atoms with Gasteiger partial charge in [0.1, 0.15) is 11.3 Å². The number of aromatic hydroxyl groups is 1. The molecule has 4 rings (SSSR count). The molecule has 2 heterocycles. The van der Waals surface area contributed by atoms with Crippen molar-refractivity contribution in [1.29, 1.82) is 0 Å². The minimum atomic E-state index is -0.260. The van der Waals surface area contributed by atoms with Gasteiger partial charge in [-0.15, -0.1) is 0 Å². The molecule has 0 amide bonds. The Bertz CT molecular complexity index is 806. The lowest BCUT2D eigenvalue weighted by Crippen LogP contribution is -2.19. The van der Waals surface area contributed by atoms with Crippen molar-refractivity contribution in [2.75, 3.05) is 13.1 Å². The normalized spacial score (nSPS) is 18.2. The summed E-state index contributed by atoms with van der Waals surface area (Å²) in [6.45, 7) is 2.58. The van der Waals surface area contributed by atoms with Gasteiger partial charge in [0.15, 0.2) is 0 Å². The number of phenols is 1. The second-order valence-electron chi connectivity index (χ2n) is 6.25.